The molecule has 0 saturated heterocycles. The lowest BCUT2D eigenvalue weighted by Gasteiger charge is -2.29. The Balaban J connectivity index is 4.52. The zero-order valence-corrected chi connectivity index (χ0v) is 12.3. The molecule has 0 spiro atoms. The first-order valence-electron chi connectivity index (χ1n) is 6.25. The number of rotatable bonds is 8. The molecule has 5 heteroatoms. The summed E-state index contributed by atoms with van der Waals surface area (Å²) in [6, 6.07) is -0.619. The van der Waals surface area contributed by atoms with Gasteiger partial charge in [-0.3, -0.25) is 9.36 Å². The van der Waals surface area contributed by atoms with Crippen molar-refractivity contribution in [2.24, 2.45) is 11.1 Å². The lowest BCUT2D eigenvalue weighted by molar-refractivity contribution is -0.129. The normalized spacial score (nSPS) is 20.4. The van der Waals surface area contributed by atoms with E-state index in [2.05, 4.69) is 0 Å². The third-order valence-corrected chi connectivity index (χ3v) is 4.46. The maximum atomic E-state index is 12.2. The van der Waals surface area contributed by atoms with Crippen LogP contribution >= 0.6 is 7.37 Å². The Morgan fingerprint density at radius 1 is 1.47 bits per heavy atom. The highest BCUT2D eigenvalue weighted by molar-refractivity contribution is 7.57. The smallest absolute Gasteiger partial charge is 0.197 e. The van der Waals surface area contributed by atoms with Gasteiger partial charge >= 0.3 is 0 Å². The Bertz CT molecular complexity index is 300. The average molecular weight is 263 g/mol. The molecule has 0 radical (unpaired) electrons. The lowest BCUT2D eigenvalue weighted by Crippen LogP contribution is -2.42. The zero-order valence-electron chi connectivity index (χ0n) is 11.4. The van der Waals surface area contributed by atoms with Crippen molar-refractivity contribution in [3.8, 4) is 0 Å². The SMILES string of the molecule is CCCC(C)(CC)C(=O)C(N)CCP(C)(=O)O. The predicted molar refractivity (Wildman–Crippen MR) is 71.5 cm³/mol. The molecule has 3 N–H and O–H groups in total. The van der Waals surface area contributed by atoms with E-state index in [1.807, 2.05) is 20.8 Å². The van der Waals surface area contributed by atoms with Gasteiger partial charge in [0.1, 0.15) is 0 Å². The van der Waals surface area contributed by atoms with E-state index < -0.39 is 13.4 Å². The van der Waals surface area contributed by atoms with Crippen molar-refractivity contribution in [2.45, 2.75) is 52.5 Å². The van der Waals surface area contributed by atoms with E-state index >= 15 is 0 Å². The first-order valence-corrected chi connectivity index (χ1v) is 8.54. The van der Waals surface area contributed by atoms with Crippen LogP contribution in [0, 0.1) is 5.41 Å². The van der Waals surface area contributed by atoms with Crippen LogP contribution in [0.4, 0.5) is 0 Å². The Labute approximate surface area is 104 Å². The number of nitrogens with two attached hydrogens (primary N) is 1. The van der Waals surface area contributed by atoms with E-state index in [9.17, 15) is 14.3 Å². The molecule has 0 heterocycles. The van der Waals surface area contributed by atoms with E-state index in [0.29, 0.717) is 6.42 Å². The van der Waals surface area contributed by atoms with E-state index in [0.717, 1.165) is 19.3 Å². The van der Waals surface area contributed by atoms with Gasteiger partial charge in [0.05, 0.1) is 6.04 Å². The van der Waals surface area contributed by atoms with Crippen molar-refractivity contribution in [1.82, 2.24) is 0 Å². The second-order valence-corrected chi connectivity index (χ2v) is 7.75. The van der Waals surface area contributed by atoms with Crippen LogP contribution in [0.1, 0.15) is 46.5 Å². The fourth-order valence-electron chi connectivity index (χ4n) is 1.98. The van der Waals surface area contributed by atoms with Gasteiger partial charge in [0.15, 0.2) is 13.2 Å². The zero-order chi connectivity index (χ0) is 13.7. The molecule has 0 saturated carbocycles. The molecule has 4 nitrogen and oxygen atoms in total. The fraction of sp³-hybridized carbons (Fsp3) is 0.917. The van der Waals surface area contributed by atoms with Crippen molar-refractivity contribution in [2.75, 3.05) is 12.8 Å². The number of hydrogen-bond acceptors (Lipinski definition) is 3. The molecule has 102 valence electrons. The summed E-state index contributed by atoms with van der Waals surface area (Å²) in [5, 5.41) is 0. The molecular formula is C12H26NO3P. The van der Waals surface area contributed by atoms with Gasteiger partial charge < -0.3 is 10.6 Å². The molecule has 3 atom stereocenters. The minimum Gasteiger partial charge on any atom is -0.344 e. The predicted octanol–water partition coefficient (Wildman–Crippen LogP) is 2.39. The first kappa shape index (κ1) is 16.8. The lowest BCUT2D eigenvalue weighted by atomic mass is 9.76. The molecule has 0 rings (SSSR count). The van der Waals surface area contributed by atoms with E-state index in [4.69, 9.17) is 5.73 Å². The Morgan fingerprint density at radius 3 is 2.35 bits per heavy atom. The van der Waals surface area contributed by atoms with Crippen molar-refractivity contribution >= 4 is 13.2 Å². The monoisotopic (exact) mass is 263 g/mol. The van der Waals surface area contributed by atoms with Gasteiger partial charge in [-0.1, -0.05) is 27.2 Å². The molecule has 0 bridgehead atoms. The van der Waals surface area contributed by atoms with Gasteiger partial charge in [-0.15, -0.1) is 0 Å². The Morgan fingerprint density at radius 2 is 2.00 bits per heavy atom. The van der Waals surface area contributed by atoms with Crippen molar-refractivity contribution in [3.05, 3.63) is 0 Å². The van der Waals surface area contributed by atoms with Crippen molar-refractivity contribution < 1.29 is 14.3 Å². The van der Waals surface area contributed by atoms with Crippen LogP contribution in [0.2, 0.25) is 0 Å². The molecule has 0 aromatic heterocycles. The molecule has 0 aliphatic carbocycles. The third kappa shape index (κ3) is 5.80. The van der Waals surface area contributed by atoms with Crippen LogP contribution in [0.25, 0.3) is 0 Å². The molecule has 0 aromatic rings. The second-order valence-electron chi connectivity index (χ2n) is 5.20. The number of carbonyl (C=O) groups is 1. The van der Waals surface area contributed by atoms with Gasteiger partial charge in [-0.25, -0.2) is 0 Å². The summed E-state index contributed by atoms with van der Waals surface area (Å²) >= 11 is 0. The van der Waals surface area contributed by atoms with E-state index in [1.165, 1.54) is 6.66 Å². The maximum absolute atomic E-state index is 12.2. The largest absolute Gasteiger partial charge is 0.344 e. The minimum absolute atomic E-state index is 0.0234. The van der Waals surface area contributed by atoms with Crippen LogP contribution in [-0.4, -0.2) is 29.5 Å². The van der Waals surface area contributed by atoms with Gasteiger partial charge in [0, 0.05) is 18.2 Å². The molecule has 0 amide bonds. The maximum Gasteiger partial charge on any atom is 0.197 e. The van der Waals surface area contributed by atoms with Crippen LogP contribution in [-0.2, 0) is 9.36 Å². The molecule has 3 unspecified atom stereocenters. The molecule has 0 aliphatic heterocycles. The highest BCUT2D eigenvalue weighted by Crippen LogP contribution is 2.37. The van der Waals surface area contributed by atoms with E-state index in [-0.39, 0.29) is 17.4 Å². The fourth-order valence-corrected chi connectivity index (χ4v) is 2.74. The first-order chi connectivity index (χ1) is 7.66. The Kier molecular flexibility index (Phi) is 6.60. The standard InChI is InChI=1S/C12H26NO3P/c1-5-8-12(3,6-2)11(14)10(13)7-9-17(4,15)16/h10H,5-9,13H2,1-4H3,(H,15,16). The van der Waals surface area contributed by atoms with Crippen LogP contribution in [0.5, 0.6) is 0 Å². The quantitative estimate of drug-likeness (QED) is 0.659. The summed E-state index contributed by atoms with van der Waals surface area (Å²) in [5.74, 6) is 0.0234. The third-order valence-electron chi connectivity index (χ3n) is 3.37. The summed E-state index contributed by atoms with van der Waals surface area (Å²) in [6.45, 7) is 7.26. The second kappa shape index (κ2) is 6.67. The van der Waals surface area contributed by atoms with Crippen molar-refractivity contribution in [3.63, 3.8) is 0 Å². The summed E-state index contributed by atoms with van der Waals surface area (Å²) in [6.07, 6.45) is 2.93. The number of Topliss-reactive ketones (excluding diaryl/α,β-unsaturated/α-hetero) is 1. The van der Waals surface area contributed by atoms with Gasteiger partial charge in [0.2, 0.25) is 0 Å². The molecule has 0 aromatic carbocycles. The van der Waals surface area contributed by atoms with Gasteiger partial charge in [-0.2, -0.15) is 0 Å². The van der Waals surface area contributed by atoms with Gasteiger partial charge in [-0.05, 0) is 19.3 Å². The summed E-state index contributed by atoms with van der Waals surface area (Å²) in [4.78, 5) is 21.4. The number of carbonyl (C=O) groups excluding carboxylic acids is 1. The highest BCUT2D eigenvalue weighted by atomic mass is 31.2. The number of hydrogen-bond donors (Lipinski definition) is 2. The summed E-state index contributed by atoms with van der Waals surface area (Å²) in [7, 11) is -3.07. The number of ketones is 1. The average Bonchev–Trinajstić information content (AvgIpc) is 2.24. The summed E-state index contributed by atoms with van der Waals surface area (Å²) in [5.41, 5.74) is 5.45. The topological polar surface area (TPSA) is 80.4 Å². The molecule has 17 heavy (non-hydrogen) atoms. The molecular weight excluding hydrogens is 237 g/mol. The molecule has 0 aliphatic rings. The van der Waals surface area contributed by atoms with Crippen LogP contribution in [0.15, 0.2) is 0 Å². The van der Waals surface area contributed by atoms with Crippen LogP contribution in [0.3, 0.4) is 0 Å². The summed E-state index contributed by atoms with van der Waals surface area (Å²) < 4.78 is 11.2. The van der Waals surface area contributed by atoms with Crippen molar-refractivity contribution in [1.29, 1.82) is 0 Å². The van der Waals surface area contributed by atoms with Crippen LogP contribution < -0.4 is 5.73 Å². The Hall–Kier alpha value is -0.180. The van der Waals surface area contributed by atoms with E-state index in [1.54, 1.807) is 0 Å². The highest BCUT2D eigenvalue weighted by Gasteiger charge is 2.34. The minimum atomic E-state index is -3.07. The molecule has 0 fully saturated rings. The van der Waals surface area contributed by atoms with Gasteiger partial charge in [0.25, 0.3) is 0 Å².